The Balaban J connectivity index is 1.86. The van der Waals surface area contributed by atoms with Crippen LogP contribution in [0.25, 0.3) is 11.8 Å². The number of anilines is 2. The third-order valence-electron chi connectivity index (χ3n) is 4.74. The number of hydrogen-bond donors (Lipinski definition) is 2. The molecule has 0 saturated heterocycles. The third-order valence-corrected chi connectivity index (χ3v) is 5.87. The molecule has 1 heterocycles. The number of carbonyl (C=O) groups is 1. The van der Waals surface area contributed by atoms with Gasteiger partial charge >= 0.3 is 5.97 Å². The second-order valence-electron chi connectivity index (χ2n) is 6.93. The van der Waals surface area contributed by atoms with Gasteiger partial charge in [-0.15, -0.1) is 11.3 Å². The Morgan fingerprint density at radius 2 is 1.78 bits per heavy atom. The normalized spacial score (nSPS) is 12.2. The first-order valence-electron chi connectivity index (χ1n) is 10.2. The molecular weight excluding hydrogens is 424 g/mol. The standard InChI is InChI=1S/C24H24N4O3S/c1-3-28-22(29)21(32-23(28)20(14-25)24(30)31-4-2)15-27-19-11-7-17(8-12-19)13-16-5-9-18(26)10-6-16/h5-12,15,27H,3-4,13,26H2,1-2H3. The fraction of sp³-hybridized carbons (Fsp3) is 0.208. The number of carbonyl (C=O) groups excluding carboxylic acids is 1. The largest absolute Gasteiger partial charge is 0.462 e. The first kappa shape index (κ1) is 22.8. The van der Waals surface area contributed by atoms with Gasteiger partial charge in [-0.1, -0.05) is 24.3 Å². The zero-order chi connectivity index (χ0) is 23.1. The highest BCUT2D eigenvalue weighted by atomic mass is 32.1. The third kappa shape index (κ3) is 5.25. The first-order valence-corrected chi connectivity index (χ1v) is 11.0. The molecule has 0 aliphatic carbocycles. The molecule has 7 nitrogen and oxygen atoms in total. The maximum Gasteiger partial charge on any atom is 0.351 e. The number of nitrogens with one attached hydrogen (secondary N) is 1. The minimum Gasteiger partial charge on any atom is -0.462 e. The van der Waals surface area contributed by atoms with Gasteiger partial charge in [0.05, 0.1) is 6.61 Å². The van der Waals surface area contributed by atoms with Crippen molar-refractivity contribution in [3.05, 3.63) is 79.2 Å². The molecular formula is C24H24N4O3S. The quantitative estimate of drug-likeness (QED) is 0.424. The van der Waals surface area contributed by atoms with Crippen LogP contribution in [0.1, 0.15) is 25.0 Å². The predicted molar refractivity (Wildman–Crippen MR) is 127 cm³/mol. The molecule has 0 radical (unpaired) electrons. The van der Waals surface area contributed by atoms with Gasteiger partial charge < -0.3 is 15.8 Å². The summed E-state index contributed by atoms with van der Waals surface area (Å²) in [5.41, 5.74) is 9.17. The van der Waals surface area contributed by atoms with E-state index in [1.807, 2.05) is 54.6 Å². The summed E-state index contributed by atoms with van der Waals surface area (Å²) >= 11 is 1.08. The number of rotatable bonds is 7. The maximum atomic E-state index is 12.7. The topological polar surface area (TPSA) is 110 Å². The molecule has 3 rings (SSSR count). The van der Waals surface area contributed by atoms with Crippen molar-refractivity contribution in [2.75, 3.05) is 17.7 Å². The summed E-state index contributed by atoms with van der Waals surface area (Å²) in [6, 6.07) is 17.5. The Bertz CT molecular complexity index is 1310. The summed E-state index contributed by atoms with van der Waals surface area (Å²) in [7, 11) is 0. The number of nitrogen functional groups attached to an aromatic ring is 1. The lowest BCUT2D eigenvalue weighted by Gasteiger charge is -2.05. The summed E-state index contributed by atoms with van der Waals surface area (Å²) in [5, 5.41) is 12.5. The number of nitrogens with zero attached hydrogens (tertiary/aromatic N) is 2. The molecule has 0 aliphatic heterocycles. The van der Waals surface area contributed by atoms with Gasteiger partial charge in [0.25, 0.3) is 5.56 Å². The van der Waals surface area contributed by atoms with E-state index in [4.69, 9.17) is 10.5 Å². The number of ether oxygens (including phenoxy) is 1. The van der Waals surface area contributed by atoms with Gasteiger partial charge in [0.1, 0.15) is 15.3 Å². The van der Waals surface area contributed by atoms with Gasteiger partial charge in [-0.25, -0.2) is 4.79 Å². The average molecular weight is 449 g/mol. The molecule has 0 amide bonds. The van der Waals surface area contributed by atoms with Crippen molar-refractivity contribution in [1.29, 1.82) is 5.26 Å². The number of aromatic nitrogens is 1. The van der Waals surface area contributed by atoms with Crippen molar-refractivity contribution >= 4 is 40.5 Å². The number of esters is 1. The Morgan fingerprint density at radius 1 is 1.16 bits per heavy atom. The summed E-state index contributed by atoms with van der Waals surface area (Å²) < 4.78 is 7.04. The minimum atomic E-state index is -0.727. The van der Waals surface area contributed by atoms with Crippen LogP contribution in [-0.4, -0.2) is 17.1 Å². The second kappa shape index (κ2) is 10.5. The molecule has 0 saturated carbocycles. The zero-order valence-electron chi connectivity index (χ0n) is 17.9. The first-order chi connectivity index (χ1) is 15.5. The SMILES string of the molecule is CCOC(=O)C(C#N)=c1sc(=CNc2ccc(Cc3ccc(N)cc3)cc2)c(=O)n1CC. The van der Waals surface area contributed by atoms with E-state index >= 15 is 0 Å². The smallest absolute Gasteiger partial charge is 0.351 e. The van der Waals surface area contributed by atoms with Crippen molar-refractivity contribution in [2.45, 2.75) is 26.8 Å². The van der Waals surface area contributed by atoms with Crippen molar-refractivity contribution in [3.63, 3.8) is 0 Å². The van der Waals surface area contributed by atoms with Crippen LogP contribution >= 0.6 is 11.3 Å². The van der Waals surface area contributed by atoms with E-state index < -0.39 is 5.97 Å². The fourth-order valence-corrected chi connectivity index (χ4v) is 4.19. The van der Waals surface area contributed by atoms with Gasteiger partial charge in [0.2, 0.25) is 0 Å². The van der Waals surface area contributed by atoms with Gasteiger partial charge in [-0.2, -0.15) is 5.26 Å². The molecule has 1 aromatic heterocycles. The van der Waals surface area contributed by atoms with E-state index in [1.165, 1.54) is 10.1 Å². The van der Waals surface area contributed by atoms with Crippen LogP contribution < -0.4 is 25.8 Å². The van der Waals surface area contributed by atoms with Crippen molar-refractivity contribution in [2.24, 2.45) is 0 Å². The Hall–Kier alpha value is -3.83. The summed E-state index contributed by atoms with van der Waals surface area (Å²) in [5.74, 6) is -0.727. The molecule has 8 heteroatoms. The molecule has 0 unspecified atom stereocenters. The lowest BCUT2D eigenvalue weighted by molar-refractivity contribution is -0.136. The van der Waals surface area contributed by atoms with Gasteiger partial charge in [0, 0.05) is 24.1 Å². The summed E-state index contributed by atoms with van der Waals surface area (Å²) in [4.78, 5) is 24.8. The molecule has 3 aromatic rings. The summed E-state index contributed by atoms with van der Waals surface area (Å²) in [6.45, 7) is 3.94. The van der Waals surface area contributed by atoms with Crippen molar-refractivity contribution in [1.82, 2.24) is 4.57 Å². The molecule has 2 aromatic carbocycles. The van der Waals surface area contributed by atoms with Crippen LogP contribution in [0, 0.1) is 11.3 Å². The number of hydrogen-bond acceptors (Lipinski definition) is 7. The minimum absolute atomic E-state index is 0.153. The Morgan fingerprint density at radius 3 is 2.34 bits per heavy atom. The maximum absolute atomic E-state index is 12.7. The van der Waals surface area contributed by atoms with E-state index in [2.05, 4.69) is 5.32 Å². The lowest BCUT2D eigenvalue weighted by atomic mass is 10.0. The molecule has 0 atom stereocenters. The average Bonchev–Trinajstić information content (AvgIpc) is 3.10. The molecule has 164 valence electrons. The van der Waals surface area contributed by atoms with Crippen LogP contribution in [-0.2, 0) is 22.5 Å². The molecule has 0 bridgehead atoms. The lowest BCUT2D eigenvalue weighted by Crippen LogP contribution is -2.32. The van der Waals surface area contributed by atoms with Crippen LogP contribution in [0.3, 0.4) is 0 Å². The van der Waals surface area contributed by atoms with E-state index in [0.29, 0.717) is 15.7 Å². The highest BCUT2D eigenvalue weighted by Crippen LogP contribution is 2.15. The highest BCUT2D eigenvalue weighted by molar-refractivity contribution is 7.07. The van der Waals surface area contributed by atoms with Crippen molar-refractivity contribution < 1.29 is 9.53 Å². The number of nitriles is 1. The Kier molecular flexibility index (Phi) is 7.47. The van der Waals surface area contributed by atoms with Crippen LogP contribution in [0.2, 0.25) is 0 Å². The predicted octanol–water partition coefficient (Wildman–Crippen LogP) is 2.19. The molecule has 32 heavy (non-hydrogen) atoms. The van der Waals surface area contributed by atoms with E-state index in [9.17, 15) is 14.9 Å². The molecule has 3 N–H and O–H groups in total. The number of benzene rings is 2. The second-order valence-corrected chi connectivity index (χ2v) is 7.96. The van der Waals surface area contributed by atoms with Crippen LogP contribution in [0.4, 0.5) is 11.4 Å². The van der Waals surface area contributed by atoms with Crippen molar-refractivity contribution in [3.8, 4) is 6.07 Å². The van der Waals surface area contributed by atoms with Gasteiger partial charge in [-0.3, -0.25) is 9.36 Å². The molecule has 0 spiro atoms. The monoisotopic (exact) mass is 448 g/mol. The number of thiazole rings is 1. The van der Waals surface area contributed by atoms with Crippen LogP contribution in [0.15, 0.2) is 53.3 Å². The summed E-state index contributed by atoms with van der Waals surface area (Å²) in [6.07, 6.45) is 2.39. The van der Waals surface area contributed by atoms with E-state index in [-0.39, 0.29) is 17.7 Å². The van der Waals surface area contributed by atoms with Crippen LogP contribution in [0.5, 0.6) is 0 Å². The zero-order valence-corrected chi connectivity index (χ0v) is 18.7. The molecule has 0 aliphatic rings. The highest BCUT2D eigenvalue weighted by Gasteiger charge is 2.16. The Labute approximate surface area is 189 Å². The van der Waals surface area contributed by atoms with Gasteiger partial charge in [0.15, 0.2) is 5.57 Å². The fourth-order valence-electron chi connectivity index (χ4n) is 3.12. The van der Waals surface area contributed by atoms with E-state index in [0.717, 1.165) is 34.7 Å². The number of nitrogens with two attached hydrogens (primary N) is 1. The van der Waals surface area contributed by atoms with E-state index in [1.54, 1.807) is 20.0 Å². The van der Waals surface area contributed by atoms with Gasteiger partial charge in [-0.05, 0) is 55.7 Å². The molecule has 0 fully saturated rings.